The summed E-state index contributed by atoms with van der Waals surface area (Å²) in [5.41, 5.74) is 2.59. The molecular weight excluding hydrogens is 392 g/mol. The molecule has 0 saturated heterocycles. The summed E-state index contributed by atoms with van der Waals surface area (Å²) in [5, 5.41) is 23.2. The zero-order valence-corrected chi connectivity index (χ0v) is 18.4. The van der Waals surface area contributed by atoms with Gasteiger partial charge in [-0.05, 0) is 60.0 Å². The van der Waals surface area contributed by atoms with E-state index in [1.54, 1.807) is 0 Å². The number of H-pyrrole nitrogens is 1. The average molecular weight is 425 g/mol. The lowest BCUT2D eigenvalue weighted by Gasteiger charge is -2.30. The van der Waals surface area contributed by atoms with Gasteiger partial charge in [-0.15, -0.1) is 5.10 Å². The van der Waals surface area contributed by atoms with Gasteiger partial charge < -0.3 is 10.1 Å². The van der Waals surface area contributed by atoms with E-state index in [9.17, 15) is 9.90 Å². The van der Waals surface area contributed by atoms with E-state index in [2.05, 4.69) is 32.3 Å². The zero-order chi connectivity index (χ0) is 21.8. The summed E-state index contributed by atoms with van der Waals surface area (Å²) in [6, 6.07) is 8.35. The van der Waals surface area contributed by atoms with Crippen LogP contribution in [0.25, 0.3) is 10.9 Å². The van der Waals surface area contributed by atoms with Crippen LogP contribution in [0.15, 0.2) is 29.1 Å². The molecule has 3 aromatic rings. The number of aromatic nitrogens is 5. The fourth-order valence-corrected chi connectivity index (χ4v) is 4.82. The Morgan fingerprint density at radius 2 is 2.13 bits per heavy atom. The summed E-state index contributed by atoms with van der Waals surface area (Å²) in [6.45, 7) is 5.38. The smallest absolute Gasteiger partial charge is 0.252 e. The number of fused-ring (bicyclic) bond motifs is 1. The minimum Gasteiger partial charge on any atom is -0.396 e. The molecule has 2 N–H and O–H groups in total. The number of benzene rings is 1. The van der Waals surface area contributed by atoms with Crippen LogP contribution in [0.4, 0.5) is 0 Å². The lowest BCUT2D eigenvalue weighted by Crippen LogP contribution is -2.34. The van der Waals surface area contributed by atoms with E-state index >= 15 is 0 Å². The summed E-state index contributed by atoms with van der Waals surface area (Å²) in [7, 11) is 0. The van der Waals surface area contributed by atoms with Crippen LogP contribution in [0.1, 0.15) is 74.5 Å². The van der Waals surface area contributed by atoms with Crippen LogP contribution in [0.5, 0.6) is 0 Å². The second-order valence-electron chi connectivity index (χ2n) is 8.55. The van der Waals surface area contributed by atoms with Gasteiger partial charge in [-0.3, -0.25) is 9.69 Å². The fraction of sp³-hybridized carbons (Fsp3) is 0.565. The molecule has 1 aliphatic rings. The molecule has 0 unspecified atom stereocenters. The average Bonchev–Trinajstić information content (AvgIpc) is 3.45. The number of nitrogens with zero attached hydrogens (tertiary/aromatic N) is 5. The van der Waals surface area contributed by atoms with Crippen molar-refractivity contribution in [1.29, 1.82) is 0 Å². The van der Waals surface area contributed by atoms with Crippen LogP contribution in [-0.4, -0.2) is 48.3 Å². The summed E-state index contributed by atoms with van der Waals surface area (Å²) in [6.07, 6.45) is 6.08. The molecule has 4 rings (SSSR count). The molecule has 0 radical (unpaired) electrons. The van der Waals surface area contributed by atoms with Crippen molar-refractivity contribution in [2.75, 3.05) is 13.2 Å². The van der Waals surface area contributed by atoms with Crippen molar-refractivity contribution in [3.05, 3.63) is 51.6 Å². The van der Waals surface area contributed by atoms with Crippen molar-refractivity contribution >= 4 is 10.9 Å². The van der Waals surface area contributed by atoms with Gasteiger partial charge in [-0.1, -0.05) is 38.0 Å². The zero-order valence-electron chi connectivity index (χ0n) is 18.4. The van der Waals surface area contributed by atoms with Gasteiger partial charge >= 0.3 is 0 Å². The van der Waals surface area contributed by atoms with Gasteiger partial charge in [0, 0.05) is 25.3 Å². The number of aryl methyl sites for hydroxylation is 1. The number of tetrazole rings is 1. The molecule has 0 bridgehead atoms. The number of aliphatic hydroxyl groups is 1. The van der Waals surface area contributed by atoms with Crippen molar-refractivity contribution < 1.29 is 5.11 Å². The molecule has 0 aliphatic heterocycles. The van der Waals surface area contributed by atoms with Crippen LogP contribution in [0.2, 0.25) is 0 Å². The Balaban J connectivity index is 1.67. The Bertz CT molecular complexity index is 1070. The first-order valence-corrected chi connectivity index (χ1v) is 11.4. The maximum absolute atomic E-state index is 12.9. The molecule has 0 amide bonds. The largest absolute Gasteiger partial charge is 0.396 e. The third-order valence-electron chi connectivity index (χ3n) is 6.46. The lowest BCUT2D eigenvalue weighted by atomic mass is 10.1. The standard InChI is InChI=1S/C23H32N6O2/c1-3-20(22-25-26-27-29(22)19-10-4-5-11-19)28(12-7-13-30)15-18-14-17-9-6-8-16(2)21(17)24-23(18)31/h6,8-9,14,19-20,30H,3-5,7,10-13,15H2,1-2H3,(H,24,31)/t20-/m0/s1. The Morgan fingerprint density at radius 3 is 2.87 bits per heavy atom. The van der Waals surface area contributed by atoms with Crippen LogP contribution < -0.4 is 5.56 Å². The molecule has 31 heavy (non-hydrogen) atoms. The van der Waals surface area contributed by atoms with E-state index in [1.807, 2.05) is 35.9 Å². The Hall–Kier alpha value is -2.58. The normalized spacial score (nSPS) is 15.9. The van der Waals surface area contributed by atoms with Crippen LogP contribution >= 0.6 is 0 Å². The highest BCUT2D eigenvalue weighted by Gasteiger charge is 2.29. The lowest BCUT2D eigenvalue weighted by molar-refractivity contribution is 0.150. The Kier molecular flexibility index (Phi) is 6.77. The molecule has 1 aliphatic carbocycles. The summed E-state index contributed by atoms with van der Waals surface area (Å²) >= 11 is 0. The van der Waals surface area contributed by atoms with Gasteiger partial charge in [0.15, 0.2) is 5.82 Å². The predicted octanol–water partition coefficient (Wildman–Crippen LogP) is 3.27. The molecule has 1 fully saturated rings. The van der Waals surface area contributed by atoms with E-state index in [1.165, 1.54) is 12.8 Å². The molecule has 1 aromatic carbocycles. The van der Waals surface area contributed by atoms with Gasteiger partial charge in [0.05, 0.1) is 17.6 Å². The van der Waals surface area contributed by atoms with E-state index in [0.29, 0.717) is 25.6 Å². The van der Waals surface area contributed by atoms with Crippen LogP contribution in [-0.2, 0) is 6.54 Å². The summed E-state index contributed by atoms with van der Waals surface area (Å²) in [5.74, 6) is 0.861. The third kappa shape index (κ3) is 4.55. The van der Waals surface area contributed by atoms with Gasteiger partial charge in [0.25, 0.3) is 5.56 Å². The van der Waals surface area contributed by atoms with Gasteiger partial charge in [-0.2, -0.15) is 0 Å². The highest BCUT2D eigenvalue weighted by atomic mass is 16.3. The molecule has 166 valence electrons. The molecule has 2 aromatic heterocycles. The number of para-hydroxylation sites is 1. The van der Waals surface area contributed by atoms with Crippen molar-refractivity contribution in [3.63, 3.8) is 0 Å². The van der Waals surface area contributed by atoms with E-state index in [4.69, 9.17) is 0 Å². The first kappa shape index (κ1) is 21.6. The topological polar surface area (TPSA) is 99.9 Å². The van der Waals surface area contributed by atoms with Crippen molar-refractivity contribution in [1.82, 2.24) is 30.1 Å². The van der Waals surface area contributed by atoms with E-state index in [0.717, 1.165) is 47.1 Å². The summed E-state index contributed by atoms with van der Waals surface area (Å²) in [4.78, 5) is 18.2. The number of pyridine rings is 1. The quantitative estimate of drug-likeness (QED) is 0.547. The SMILES string of the molecule is CC[C@@H](c1nnnn1C1CCCC1)N(CCCO)Cc1cc2cccc(C)c2[nH]c1=O. The fourth-order valence-electron chi connectivity index (χ4n) is 4.82. The van der Waals surface area contributed by atoms with Crippen LogP contribution in [0.3, 0.4) is 0 Å². The molecule has 0 spiro atoms. The molecule has 1 saturated carbocycles. The van der Waals surface area contributed by atoms with Gasteiger partial charge in [-0.25, -0.2) is 4.68 Å². The minimum absolute atomic E-state index is 0.0187. The number of rotatable bonds is 9. The molecule has 8 heteroatoms. The molecule has 2 heterocycles. The minimum atomic E-state index is -0.0685. The number of hydrogen-bond donors (Lipinski definition) is 2. The van der Waals surface area contributed by atoms with E-state index in [-0.39, 0.29) is 18.2 Å². The van der Waals surface area contributed by atoms with Crippen molar-refractivity contribution in [2.45, 2.75) is 71.0 Å². The number of aliphatic hydroxyl groups excluding tert-OH is 1. The van der Waals surface area contributed by atoms with E-state index < -0.39 is 0 Å². The second-order valence-corrected chi connectivity index (χ2v) is 8.55. The Morgan fingerprint density at radius 1 is 1.32 bits per heavy atom. The first-order valence-electron chi connectivity index (χ1n) is 11.4. The van der Waals surface area contributed by atoms with Gasteiger partial charge in [0.1, 0.15) is 0 Å². The number of nitrogens with one attached hydrogen (secondary N) is 1. The van der Waals surface area contributed by atoms with Gasteiger partial charge in [0.2, 0.25) is 0 Å². The maximum Gasteiger partial charge on any atom is 0.252 e. The summed E-state index contributed by atoms with van der Waals surface area (Å²) < 4.78 is 2.00. The maximum atomic E-state index is 12.9. The second kappa shape index (κ2) is 9.70. The molecule has 1 atom stereocenters. The number of aromatic amines is 1. The monoisotopic (exact) mass is 424 g/mol. The third-order valence-corrected chi connectivity index (χ3v) is 6.46. The molecule has 8 nitrogen and oxygen atoms in total. The van der Waals surface area contributed by atoms with Crippen molar-refractivity contribution in [2.24, 2.45) is 0 Å². The number of hydrogen-bond acceptors (Lipinski definition) is 6. The van der Waals surface area contributed by atoms with Crippen LogP contribution in [0, 0.1) is 6.92 Å². The highest BCUT2D eigenvalue weighted by molar-refractivity contribution is 5.81. The van der Waals surface area contributed by atoms with Crippen molar-refractivity contribution in [3.8, 4) is 0 Å². The first-order chi connectivity index (χ1) is 15.1. The highest BCUT2D eigenvalue weighted by Crippen LogP contribution is 2.33. The molecular formula is C23H32N6O2. The Labute approximate surface area is 182 Å². The predicted molar refractivity (Wildman–Crippen MR) is 120 cm³/mol.